The second-order valence-electron chi connectivity index (χ2n) is 22.6. The molecule has 14 heteroatoms. The lowest BCUT2D eigenvalue weighted by Crippen LogP contribution is -2.61. The molecule has 0 aromatic heterocycles. The molecule has 2 rings (SSSR count). The summed E-state index contributed by atoms with van der Waals surface area (Å²) in [7, 11) is 0. The monoisotopic (exact) mass is 1100 g/mol. The number of carbonyl (C=O) groups excluding carboxylic acids is 1. The Hall–Kier alpha value is -1.53. The average molecular weight is 1100 g/mol. The molecule has 0 saturated carbocycles. The summed E-state index contributed by atoms with van der Waals surface area (Å²) in [6.07, 6.45) is 42.4. The second kappa shape index (κ2) is 50.2. The van der Waals surface area contributed by atoms with Crippen molar-refractivity contribution in [2.45, 2.75) is 338 Å². The van der Waals surface area contributed by atoms with Crippen LogP contribution in [0.25, 0.3) is 0 Å². The molecule has 11 atom stereocenters. The van der Waals surface area contributed by atoms with Gasteiger partial charge in [0.05, 0.1) is 26.4 Å². The van der Waals surface area contributed by atoms with Crippen molar-refractivity contribution in [1.29, 1.82) is 0 Å². The van der Waals surface area contributed by atoms with E-state index in [4.69, 9.17) is 28.4 Å². The highest BCUT2D eigenvalue weighted by molar-refractivity contribution is 5.69. The molecule has 0 aromatic rings. The minimum absolute atomic E-state index is 0.0670. The molecule has 2 saturated heterocycles. The fraction of sp³-hybridized carbons (Fsp3) is 0.921. The largest absolute Gasteiger partial charge is 0.457 e. The first-order valence-corrected chi connectivity index (χ1v) is 31.9. The van der Waals surface area contributed by atoms with Crippen LogP contribution in [0.4, 0.5) is 0 Å². The summed E-state index contributed by atoms with van der Waals surface area (Å²) < 4.78 is 34.5. The van der Waals surface area contributed by atoms with Gasteiger partial charge in [-0.2, -0.15) is 0 Å². The quantitative estimate of drug-likeness (QED) is 0.0172. The fourth-order valence-electron chi connectivity index (χ4n) is 10.3. The third kappa shape index (κ3) is 36.5. The first kappa shape index (κ1) is 71.6. The minimum atomic E-state index is -1.70. The van der Waals surface area contributed by atoms with E-state index in [1.165, 1.54) is 199 Å². The molecular weight excluding hydrogens is 981 g/mol. The highest BCUT2D eigenvalue weighted by atomic mass is 16.7. The number of ether oxygens (including phenoxy) is 6. The highest BCUT2D eigenvalue weighted by Crippen LogP contribution is 2.27. The fourth-order valence-corrected chi connectivity index (χ4v) is 10.3. The van der Waals surface area contributed by atoms with E-state index in [0.29, 0.717) is 13.0 Å². The van der Waals surface area contributed by atoms with Crippen LogP contribution >= 0.6 is 0 Å². The first-order chi connectivity index (χ1) is 37.6. The number of carbonyl (C=O) groups is 1. The van der Waals surface area contributed by atoms with Crippen LogP contribution in [0, 0.1) is 0 Å². The lowest BCUT2D eigenvalue weighted by Gasteiger charge is -2.42. The van der Waals surface area contributed by atoms with Crippen molar-refractivity contribution in [1.82, 2.24) is 0 Å². The molecule has 2 aliphatic rings. The van der Waals surface area contributed by atoms with E-state index in [2.05, 4.69) is 38.2 Å². The van der Waals surface area contributed by atoms with Gasteiger partial charge in [0.1, 0.15) is 54.9 Å². The van der Waals surface area contributed by atoms with Crippen LogP contribution < -0.4 is 0 Å². The van der Waals surface area contributed by atoms with Crippen molar-refractivity contribution < 1.29 is 69.0 Å². The molecule has 0 radical (unpaired) electrons. The van der Waals surface area contributed by atoms with E-state index in [1.54, 1.807) is 0 Å². The maximum absolute atomic E-state index is 13.1. The Balaban J connectivity index is 1.66. The molecule has 7 N–H and O–H groups in total. The van der Waals surface area contributed by atoms with E-state index >= 15 is 0 Å². The van der Waals surface area contributed by atoms with Crippen molar-refractivity contribution in [3.8, 4) is 0 Å². The minimum Gasteiger partial charge on any atom is -0.457 e. The van der Waals surface area contributed by atoms with Crippen molar-refractivity contribution in [3.63, 3.8) is 0 Å². The van der Waals surface area contributed by atoms with Gasteiger partial charge in [-0.3, -0.25) is 4.79 Å². The third-order valence-electron chi connectivity index (χ3n) is 15.5. The Morgan fingerprint density at radius 2 is 0.805 bits per heavy atom. The van der Waals surface area contributed by atoms with E-state index in [1.807, 2.05) is 0 Å². The predicted molar refractivity (Wildman–Crippen MR) is 307 cm³/mol. The van der Waals surface area contributed by atoms with E-state index < -0.39 is 80.7 Å². The number of unbranched alkanes of at least 4 members (excludes halogenated alkanes) is 35. The smallest absolute Gasteiger partial charge is 0.306 e. The number of aliphatic hydroxyl groups excluding tert-OH is 7. The topological polar surface area (TPSA) is 214 Å². The molecule has 0 spiro atoms. The van der Waals surface area contributed by atoms with Crippen LogP contribution in [0.3, 0.4) is 0 Å². The first-order valence-electron chi connectivity index (χ1n) is 31.9. The molecule has 0 aliphatic carbocycles. The van der Waals surface area contributed by atoms with Gasteiger partial charge < -0.3 is 64.2 Å². The van der Waals surface area contributed by atoms with Crippen LogP contribution in [0.5, 0.6) is 0 Å². The summed E-state index contributed by atoms with van der Waals surface area (Å²) in [6.45, 7) is 3.74. The molecule has 77 heavy (non-hydrogen) atoms. The summed E-state index contributed by atoms with van der Waals surface area (Å²) in [4.78, 5) is 13.1. The van der Waals surface area contributed by atoms with Gasteiger partial charge in [0.15, 0.2) is 12.6 Å². The van der Waals surface area contributed by atoms with Gasteiger partial charge in [0.25, 0.3) is 0 Å². The van der Waals surface area contributed by atoms with Crippen LogP contribution in [0.15, 0.2) is 24.3 Å². The van der Waals surface area contributed by atoms with Gasteiger partial charge in [-0.15, -0.1) is 0 Å². The highest BCUT2D eigenvalue weighted by Gasteiger charge is 2.47. The molecule has 11 unspecified atom stereocenters. The molecule has 0 amide bonds. The molecule has 0 bridgehead atoms. The number of rotatable bonds is 53. The van der Waals surface area contributed by atoms with Gasteiger partial charge in [-0.1, -0.05) is 244 Å². The second-order valence-corrected chi connectivity index (χ2v) is 22.6. The molecule has 2 aliphatic heterocycles. The summed E-state index contributed by atoms with van der Waals surface area (Å²) in [5.74, 6) is -0.371. The Morgan fingerprint density at radius 3 is 1.25 bits per heavy atom. The molecule has 2 heterocycles. The zero-order chi connectivity index (χ0) is 55.8. The lowest BCUT2D eigenvalue weighted by molar-refractivity contribution is -0.332. The van der Waals surface area contributed by atoms with Crippen molar-refractivity contribution in [3.05, 3.63) is 24.3 Å². The number of hydrogen-bond donors (Lipinski definition) is 7. The van der Waals surface area contributed by atoms with E-state index in [-0.39, 0.29) is 25.6 Å². The Bertz CT molecular complexity index is 1370. The number of esters is 1. The Kier molecular flexibility index (Phi) is 46.7. The van der Waals surface area contributed by atoms with Crippen molar-refractivity contribution >= 4 is 5.97 Å². The standard InChI is InChI=1S/C63H118O14/c1-3-5-7-9-11-13-15-17-19-21-23-24-25-26-27-28-29-30-32-34-36-38-40-42-44-46-55(65)75-52(49-72-47-45-43-41-39-37-35-33-31-22-20-18-16-14-12-10-8-6-4-2)50-73-62-61(71)59(69)57(67)54(77-62)51-74-63-60(70)58(68)56(66)53(48-64)76-63/h15,17,21,23,52-54,56-64,66-71H,3-14,16,18-20,22,24-51H2,1-2H3/b17-15-,23-21-. The predicted octanol–water partition coefficient (Wildman–Crippen LogP) is 12.3. The summed E-state index contributed by atoms with van der Waals surface area (Å²) in [5.41, 5.74) is 0. The van der Waals surface area contributed by atoms with Crippen LogP contribution in [-0.4, -0.2) is 142 Å². The summed E-state index contributed by atoms with van der Waals surface area (Å²) in [5, 5.41) is 72.5. The number of aliphatic hydroxyl groups is 7. The van der Waals surface area contributed by atoms with Crippen molar-refractivity contribution in [2.24, 2.45) is 0 Å². The summed E-state index contributed by atoms with van der Waals surface area (Å²) >= 11 is 0. The van der Waals surface area contributed by atoms with Gasteiger partial charge in [0, 0.05) is 13.0 Å². The van der Waals surface area contributed by atoms with Gasteiger partial charge >= 0.3 is 5.97 Å². The van der Waals surface area contributed by atoms with Gasteiger partial charge in [-0.05, 0) is 44.9 Å². The third-order valence-corrected chi connectivity index (χ3v) is 15.5. The zero-order valence-corrected chi connectivity index (χ0v) is 49.0. The van der Waals surface area contributed by atoms with E-state index in [0.717, 1.165) is 44.9 Å². The van der Waals surface area contributed by atoms with Crippen LogP contribution in [0.2, 0.25) is 0 Å². The average Bonchev–Trinajstić information content (AvgIpc) is 3.43. The summed E-state index contributed by atoms with van der Waals surface area (Å²) in [6, 6.07) is 0. The van der Waals surface area contributed by atoms with Gasteiger partial charge in [0.2, 0.25) is 0 Å². The molecular formula is C63H118O14. The SMILES string of the molecule is CCCCCCC/C=C\C/C=C\CCCCCCCCCCCCCCCC(=O)OC(COCCCCCCCCCCCCCCCCCCCC)COC1OC(COC2OC(CO)C(O)C(O)C2O)C(O)C(O)C1O. The maximum Gasteiger partial charge on any atom is 0.306 e. The van der Waals surface area contributed by atoms with Crippen molar-refractivity contribution in [2.75, 3.05) is 33.0 Å². The molecule has 2 fully saturated rings. The Labute approximate surface area is 468 Å². The van der Waals surface area contributed by atoms with Gasteiger partial charge in [-0.25, -0.2) is 0 Å². The number of hydrogen-bond acceptors (Lipinski definition) is 14. The lowest BCUT2D eigenvalue weighted by atomic mass is 9.98. The normalized spacial score (nSPS) is 24.4. The molecule has 454 valence electrons. The molecule has 0 aromatic carbocycles. The number of allylic oxidation sites excluding steroid dienone is 4. The maximum atomic E-state index is 13.1. The van der Waals surface area contributed by atoms with E-state index in [9.17, 15) is 40.5 Å². The van der Waals surface area contributed by atoms with Crippen LogP contribution in [0.1, 0.15) is 271 Å². The Morgan fingerprint density at radius 1 is 0.429 bits per heavy atom. The zero-order valence-electron chi connectivity index (χ0n) is 49.0. The molecule has 14 nitrogen and oxygen atoms in total. The van der Waals surface area contributed by atoms with Crippen LogP contribution in [-0.2, 0) is 33.2 Å².